The van der Waals surface area contributed by atoms with Crippen LogP contribution >= 0.6 is 0 Å². The molecule has 2 aromatic heterocycles. The van der Waals surface area contributed by atoms with Crippen molar-refractivity contribution < 1.29 is 18.8 Å². The highest BCUT2D eigenvalue weighted by Gasteiger charge is 2.31. The van der Waals surface area contributed by atoms with Crippen molar-refractivity contribution in [3.63, 3.8) is 0 Å². The number of pyridine rings is 1. The molecule has 1 atom stereocenters. The topological polar surface area (TPSA) is 110 Å². The van der Waals surface area contributed by atoms with Crippen LogP contribution in [-0.2, 0) is 9.53 Å². The van der Waals surface area contributed by atoms with Gasteiger partial charge in [-0.15, -0.1) is 0 Å². The first-order valence-corrected chi connectivity index (χ1v) is 11.9. The highest BCUT2D eigenvalue weighted by atomic mass is 16.5. The van der Waals surface area contributed by atoms with E-state index >= 15 is 0 Å². The van der Waals surface area contributed by atoms with E-state index in [1.165, 1.54) is 12.7 Å². The SMILES string of the molecule is Cc1nocc1C(=O)NC(C(=O)Nc1ccc(N2CCOCC2)nc1)C1CCCCCCC1. The van der Waals surface area contributed by atoms with Crippen molar-refractivity contribution in [3.8, 4) is 0 Å². The first kappa shape index (κ1) is 23.2. The van der Waals surface area contributed by atoms with Crippen molar-refractivity contribution in [2.75, 3.05) is 36.5 Å². The van der Waals surface area contributed by atoms with Crippen LogP contribution in [0, 0.1) is 12.8 Å². The molecule has 2 amide bonds. The van der Waals surface area contributed by atoms with E-state index in [0.717, 1.165) is 57.4 Å². The number of nitrogens with one attached hydrogen (secondary N) is 2. The third-order valence-electron chi connectivity index (χ3n) is 6.54. The van der Waals surface area contributed by atoms with Gasteiger partial charge in [0.15, 0.2) is 0 Å². The molecule has 0 spiro atoms. The molecule has 2 aromatic rings. The van der Waals surface area contributed by atoms with Crippen LogP contribution in [0.2, 0.25) is 0 Å². The van der Waals surface area contributed by atoms with Crippen LogP contribution in [0.5, 0.6) is 0 Å². The number of carbonyl (C=O) groups excluding carboxylic acids is 2. The summed E-state index contributed by atoms with van der Waals surface area (Å²) in [6, 6.07) is 3.13. The zero-order chi connectivity index (χ0) is 23.0. The Kier molecular flexibility index (Phi) is 7.93. The summed E-state index contributed by atoms with van der Waals surface area (Å²) in [5.74, 6) is 0.389. The molecule has 3 heterocycles. The maximum Gasteiger partial charge on any atom is 0.257 e. The van der Waals surface area contributed by atoms with Crippen molar-refractivity contribution in [1.29, 1.82) is 0 Å². The normalized spacial score (nSPS) is 18.8. The van der Waals surface area contributed by atoms with Crippen molar-refractivity contribution in [2.45, 2.75) is 57.9 Å². The lowest BCUT2D eigenvalue weighted by Crippen LogP contribution is -2.48. The summed E-state index contributed by atoms with van der Waals surface area (Å²) in [4.78, 5) is 32.9. The molecule has 178 valence electrons. The van der Waals surface area contributed by atoms with Crippen LogP contribution in [0.4, 0.5) is 11.5 Å². The third kappa shape index (κ3) is 6.10. The molecule has 1 saturated carbocycles. The van der Waals surface area contributed by atoms with Crippen LogP contribution in [0.15, 0.2) is 29.1 Å². The lowest BCUT2D eigenvalue weighted by Gasteiger charge is -2.29. The van der Waals surface area contributed by atoms with Crippen molar-refractivity contribution in [2.24, 2.45) is 5.92 Å². The largest absolute Gasteiger partial charge is 0.378 e. The van der Waals surface area contributed by atoms with Gasteiger partial charge in [0.05, 0.1) is 30.8 Å². The molecule has 2 aliphatic rings. The summed E-state index contributed by atoms with van der Waals surface area (Å²) in [7, 11) is 0. The summed E-state index contributed by atoms with van der Waals surface area (Å²) in [5.41, 5.74) is 1.48. The number of carbonyl (C=O) groups is 2. The van der Waals surface area contributed by atoms with Gasteiger partial charge in [0.25, 0.3) is 5.91 Å². The third-order valence-corrected chi connectivity index (χ3v) is 6.54. The average Bonchev–Trinajstić information content (AvgIpc) is 3.25. The number of hydrogen-bond acceptors (Lipinski definition) is 7. The minimum Gasteiger partial charge on any atom is -0.378 e. The Morgan fingerprint density at radius 2 is 1.82 bits per heavy atom. The van der Waals surface area contributed by atoms with E-state index in [-0.39, 0.29) is 17.7 Å². The van der Waals surface area contributed by atoms with Crippen LogP contribution in [0.25, 0.3) is 0 Å². The Morgan fingerprint density at radius 3 is 2.45 bits per heavy atom. The summed E-state index contributed by atoms with van der Waals surface area (Å²) in [6.07, 6.45) is 10.5. The lowest BCUT2D eigenvalue weighted by atomic mass is 9.85. The van der Waals surface area contributed by atoms with Crippen molar-refractivity contribution in [1.82, 2.24) is 15.5 Å². The number of ether oxygens (including phenoxy) is 1. The monoisotopic (exact) mass is 455 g/mol. The molecule has 1 saturated heterocycles. The summed E-state index contributed by atoms with van der Waals surface area (Å²) < 4.78 is 10.3. The molecular formula is C24H33N5O4. The van der Waals surface area contributed by atoms with E-state index in [2.05, 4.69) is 25.7 Å². The molecule has 2 fully saturated rings. The second kappa shape index (κ2) is 11.3. The van der Waals surface area contributed by atoms with E-state index in [4.69, 9.17) is 9.26 Å². The van der Waals surface area contributed by atoms with E-state index in [9.17, 15) is 9.59 Å². The standard InChI is InChI=1S/C24H33N5O4/c1-17-20(16-33-28-17)23(30)27-22(18-7-5-3-2-4-6-8-18)24(31)26-19-9-10-21(25-15-19)29-11-13-32-14-12-29/h9-10,15-16,18,22H,2-8,11-14H2,1H3,(H,26,31)(H,27,30). The fourth-order valence-corrected chi connectivity index (χ4v) is 4.61. The van der Waals surface area contributed by atoms with Gasteiger partial charge in [-0.3, -0.25) is 9.59 Å². The number of aromatic nitrogens is 2. The first-order chi connectivity index (χ1) is 16.1. The smallest absolute Gasteiger partial charge is 0.257 e. The van der Waals surface area contributed by atoms with Gasteiger partial charge in [0, 0.05) is 13.1 Å². The van der Waals surface area contributed by atoms with Gasteiger partial charge in [-0.05, 0) is 37.8 Å². The highest BCUT2D eigenvalue weighted by Crippen LogP contribution is 2.26. The maximum atomic E-state index is 13.4. The minimum atomic E-state index is -0.635. The van der Waals surface area contributed by atoms with Gasteiger partial charge in [0.2, 0.25) is 5.91 Å². The molecule has 1 unspecified atom stereocenters. The van der Waals surface area contributed by atoms with Crippen LogP contribution in [0.3, 0.4) is 0 Å². The molecule has 1 aliphatic heterocycles. The van der Waals surface area contributed by atoms with Gasteiger partial charge < -0.3 is 24.8 Å². The Bertz CT molecular complexity index is 915. The molecule has 1 aliphatic carbocycles. The van der Waals surface area contributed by atoms with E-state index in [1.807, 2.05) is 12.1 Å². The zero-order valence-electron chi connectivity index (χ0n) is 19.2. The number of rotatable bonds is 6. The fraction of sp³-hybridized carbons (Fsp3) is 0.583. The Hall–Kier alpha value is -2.94. The number of hydrogen-bond donors (Lipinski definition) is 2. The van der Waals surface area contributed by atoms with E-state index in [1.54, 1.807) is 13.1 Å². The van der Waals surface area contributed by atoms with E-state index < -0.39 is 6.04 Å². The van der Waals surface area contributed by atoms with E-state index in [0.29, 0.717) is 30.2 Å². The Balaban J connectivity index is 1.47. The van der Waals surface area contributed by atoms with Crippen LogP contribution in [0.1, 0.15) is 61.0 Å². The minimum absolute atomic E-state index is 0.0787. The molecule has 33 heavy (non-hydrogen) atoms. The summed E-state index contributed by atoms with van der Waals surface area (Å²) in [6.45, 7) is 4.70. The van der Waals surface area contributed by atoms with Gasteiger partial charge in [-0.2, -0.15) is 0 Å². The van der Waals surface area contributed by atoms with Gasteiger partial charge in [0.1, 0.15) is 23.7 Å². The molecule has 4 rings (SSSR count). The van der Waals surface area contributed by atoms with Gasteiger partial charge in [-0.25, -0.2) is 4.98 Å². The number of aryl methyl sites for hydroxylation is 1. The molecule has 0 radical (unpaired) electrons. The maximum absolute atomic E-state index is 13.4. The average molecular weight is 456 g/mol. The summed E-state index contributed by atoms with van der Waals surface area (Å²) >= 11 is 0. The molecule has 9 heteroatoms. The van der Waals surface area contributed by atoms with Crippen molar-refractivity contribution in [3.05, 3.63) is 35.9 Å². The highest BCUT2D eigenvalue weighted by molar-refractivity contribution is 6.01. The zero-order valence-corrected chi connectivity index (χ0v) is 19.2. The van der Waals surface area contributed by atoms with Crippen molar-refractivity contribution >= 4 is 23.3 Å². The summed E-state index contributed by atoms with van der Waals surface area (Å²) in [5, 5.41) is 9.73. The first-order valence-electron chi connectivity index (χ1n) is 11.9. The number of nitrogens with zero attached hydrogens (tertiary/aromatic N) is 3. The van der Waals surface area contributed by atoms with Gasteiger partial charge >= 0.3 is 0 Å². The second-order valence-corrected chi connectivity index (χ2v) is 8.86. The molecule has 0 bridgehead atoms. The molecule has 2 N–H and O–H groups in total. The number of anilines is 2. The molecular weight excluding hydrogens is 422 g/mol. The quantitative estimate of drug-likeness (QED) is 0.688. The van der Waals surface area contributed by atoms with Gasteiger partial charge in [-0.1, -0.05) is 37.3 Å². The fourth-order valence-electron chi connectivity index (χ4n) is 4.61. The van der Waals surface area contributed by atoms with Crippen LogP contribution in [-0.4, -0.2) is 54.3 Å². The van der Waals surface area contributed by atoms with Crippen LogP contribution < -0.4 is 15.5 Å². The Morgan fingerprint density at radius 1 is 1.09 bits per heavy atom. The lowest BCUT2D eigenvalue weighted by molar-refractivity contribution is -0.119. The molecule has 9 nitrogen and oxygen atoms in total. The molecule has 0 aromatic carbocycles. The predicted octanol–water partition coefficient (Wildman–Crippen LogP) is 3.31. The second-order valence-electron chi connectivity index (χ2n) is 8.86. The predicted molar refractivity (Wildman–Crippen MR) is 124 cm³/mol. The number of amides is 2. The Labute approximate surface area is 194 Å². The number of morpholine rings is 1.